The Morgan fingerprint density at radius 3 is 2.18 bits per heavy atom. The molecule has 2 amide bonds. The van der Waals surface area contributed by atoms with Gasteiger partial charge in [-0.25, -0.2) is 8.42 Å². The molecule has 0 aliphatic rings. The summed E-state index contributed by atoms with van der Waals surface area (Å²) >= 11 is 12.8. The van der Waals surface area contributed by atoms with Crippen molar-refractivity contribution in [2.24, 2.45) is 0 Å². The molecule has 0 saturated heterocycles. The average Bonchev–Trinajstić information content (AvgIpc) is 2.94. The second-order valence-corrected chi connectivity index (χ2v) is 11.4. The van der Waals surface area contributed by atoms with Gasteiger partial charge < -0.3 is 15.0 Å². The fourth-order valence-corrected chi connectivity index (χ4v) is 5.86. The zero-order valence-corrected chi connectivity index (χ0v) is 24.3. The van der Waals surface area contributed by atoms with Gasteiger partial charge in [0.1, 0.15) is 18.3 Å². The first-order valence-corrected chi connectivity index (χ1v) is 14.5. The molecular formula is C28H31Cl2N3O5S. The Hall–Kier alpha value is -3.27. The number of halogens is 2. The molecule has 8 nitrogen and oxygen atoms in total. The van der Waals surface area contributed by atoms with Gasteiger partial charge in [-0.05, 0) is 49.7 Å². The van der Waals surface area contributed by atoms with Crippen LogP contribution in [0.25, 0.3) is 0 Å². The molecule has 0 saturated carbocycles. The Bertz CT molecular complexity index is 1380. The van der Waals surface area contributed by atoms with E-state index in [1.54, 1.807) is 67.6 Å². The molecule has 3 aromatic carbocycles. The van der Waals surface area contributed by atoms with Gasteiger partial charge >= 0.3 is 0 Å². The molecular weight excluding hydrogens is 561 g/mol. The topological polar surface area (TPSA) is 96.0 Å². The molecule has 0 spiro atoms. The maximum absolute atomic E-state index is 14.0. The largest absolute Gasteiger partial charge is 0.495 e. The first kappa shape index (κ1) is 30.3. The molecule has 1 atom stereocenters. The number of nitrogens with zero attached hydrogens (tertiary/aromatic N) is 2. The number of ether oxygens (including phenoxy) is 1. The van der Waals surface area contributed by atoms with Crippen LogP contribution in [0, 0.1) is 0 Å². The van der Waals surface area contributed by atoms with Crippen molar-refractivity contribution in [1.29, 1.82) is 0 Å². The van der Waals surface area contributed by atoms with E-state index < -0.39 is 28.5 Å². The van der Waals surface area contributed by atoms with Crippen LogP contribution in [0.1, 0.15) is 25.8 Å². The van der Waals surface area contributed by atoms with Gasteiger partial charge in [0.25, 0.3) is 10.0 Å². The Morgan fingerprint density at radius 1 is 0.949 bits per heavy atom. The molecule has 39 heavy (non-hydrogen) atoms. The Labute approximate surface area is 239 Å². The fraction of sp³-hybridized carbons (Fsp3) is 0.286. The molecule has 1 N–H and O–H groups in total. The highest BCUT2D eigenvalue weighted by atomic mass is 35.5. The van der Waals surface area contributed by atoms with E-state index in [0.29, 0.717) is 28.6 Å². The summed E-state index contributed by atoms with van der Waals surface area (Å²) in [5.41, 5.74) is 0.620. The number of sulfonamides is 1. The Kier molecular flexibility index (Phi) is 10.6. The zero-order chi connectivity index (χ0) is 28.6. The van der Waals surface area contributed by atoms with Crippen LogP contribution in [0.3, 0.4) is 0 Å². The molecule has 0 aliphatic carbocycles. The molecule has 11 heteroatoms. The summed E-state index contributed by atoms with van der Waals surface area (Å²) in [6.07, 6.45) is 0.708. The molecule has 3 rings (SSSR count). The number of hydrogen-bond acceptors (Lipinski definition) is 5. The number of methoxy groups -OCH3 is 1. The van der Waals surface area contributed by atoms with Crippen molar-refractivity contribution in [3.8, 4) is 5.75 Å². The molecule has 0 heterocycles. The maximum atomic E-state index is 14.0. The van der Waals surface area contributed by atoms with Gasteiger partial charge in [0.15, 0.2) is 0 Å². The van der Waals surface area contributed by atoms with Gasteiger partial charge in [-0.15, -0.1) is 0 Å². The summed E-state index contributed by atoms with van der Waals surface area (Å²) in [4.78, 5) is 28.2. The number of nitrogens with one attached hydrogen (secondary N) is 1. The van der Waals surface area contributed by atoms with Crippen LogP contribution in [0.2, 0.25) is 10.0 Å². The van der Waals surface area contributed by atoms with Gasteiger partial charge in [0, 0.05) is 28.7 Å². The van der Waals surface area contributed by atoms with Crippen LogP contribution in [0.15, 0.2) is 77.7 Å². The molecule has 0 radical (unpaired) electrons. The second-order valence-electron chi connectivity index (χ2n) is 8.69. The molecule has 1 unspecified atom stereocenters. The number of amides is 2. The number of benzene rings is 3. The van der Waals surface area contributed by atoms with Crippen molar-refractivity contribution < 1.29 is 22.7 Å². The third-order valence-corrected chi connectivity index (χ3v) is 8.55. The van der Waals surface area contributed by atoms with E-state index in [9.17, 15) is 18.0 Å². The lowest BCUT2D eigenvalue weighted by Gasteiger charge is -2.32. The first-order valence-electron chi connectivity index (χ1n) is 12.3. The summed E-state index contributed by atoms with van der Waals surface area (Å²) in [5, 5.41) is 3.43. The number of hydrogen-bond donors (Lipinski definition) is 1. The average molecular weight is 593 g/mol. The normalized spacial score (nSPS) is 11.9. The van der Waals surface area contributed by atoms with Crippen molar-refractivity contribution >= 4 is 50.7 Å². The Balaban J connectivity index is 2.08. The fourth-order valence-electron chi connectivity index (χ4n) is 3.90. The second kappa shape index (κ2) is 13.7. The highest BCUT2D eigenvalue weighted by Crippen LogP contribution is 2.33. The van der Waals surface area contributed by atoms with Crippen molar-refractivity contribution in [1.82, 2.24) is 10.2 Å². The zero-order valence-electron chi connectivity index (χ0n) is 21.9. The molecule has 0 fully saturated rings. The summed E-state index contributed by atoms with van der Waals surface area (Å²) in [7, 11) is -2.79. The summed E-state index contributed by atoms with van der Waals surface area (Å²) in [6, 6.07) is 18.3. The van der Waals surface area contributed by atoms with Crippen molar-refractivity contribution in [3.05, 3.63) is 88.4 Å². The van der Waals surface area contributed by atoms with E-state index in [2.05, 4.69) is 5.32 Å². The molecule has 3 aromatic rings. The van der Waals surface area contributed by atoms with Crippen LogP contribution in [-0.4, -0.2) is 51.4 Å². The van der Waals surface area contributed by atoms with Gasteiger partial charge in [-0.1, -0.05) is 66.5 Å². The number of carbonyl (C=O) groups excluding carboxylic acids is 2. The minimum atomic E-state index is -4.21. The van der Waals surface area contributed by atoms with Gasteiger partial charge in [0.05, 0.1) is 17.7 Å². The molecule has 208 valence electrons. The number of rotatable bonds is 12. The smallest absolute Gasteiger partial charge is 0.264 e. The van der Waals surface area contributed by atoms with Crippen molar-refractivity contribution in [2.45, 2.75) is 37.8 Å². The quantitative estimate of drug-likeness (QED) is 0.314. The summed E-state index contributed by atoms with van der Waals surface area (Å²) < 4.78 is 34.1. The molecule has 0 aromatic heterocycles. The number of carbonyl (C=O) groups is 2. The predicted octanol–water partition coefficient (Wildman–Crippen LogP) is 5.14. The maximum Gasteiger partial charge on any atom is 0.264 e. The highest BCUT2D eigenvalue weighted by Gasteiger charge is 2.34. The van der Waals surface area contributed by atoms with Gasteiger partial charge in [-0.3, -0.25) is 13.9 Å². The standard InChI is InChI=1S/C28H31Cl2N3O5S/c1-4-17-31-28(35)20(2)32(18-22-23(29)13-10-14-24(22)30)27(34)19-33(25-15-8-9-16-26(25)38-3)39(36,37)21-11-6-5-7-12-21/h5-16,20H,4,17-19H2,1-3H3,(H,31,35). The van der Waals surface area contributed by atoms with Crippen LogP contribution in [0.5, 0.6) is 5.75 Å². The van der Waals surface area contributed by atoms with Crippen LogP contribution in [-0.2, 0) is 26.2 Å². The number of para-hydroxylation sites is 2. The van der Waals surface area contributed by atoms with Crippen LogP contribution >= 0.6 is 23.2 Å². The minimum Gasteiger partial charge on any atom is -0.495 e. The molecule has 0 aliphatic heterocycles. The lowest BCUT2D eigenvalue weighted by molar-refractivity contribution is -0.139. The molecule has 0 bridgehead atoms. The van der Waals surface area contributed by atoms with E-state index in [0.717, 1.165) is 4.31 Å². The van der Waals surface area contributed by atoms with E-state index >= 15 is 0 Å². The third-order valence-electron chi connectivity index (χ3n) is 6.07. The van der Waals surface area contributed by atoms with E-state index in [-0.39, 0.29) is 28.8 Å². The van der Waals surface area contributed by atoms with Gasteiger partial charge in [-0.2, -0.15) is 0 Å². The first-order chi connectivity index (χ1) is 18.6. The van der Waals surface area contributed by atoms with Gasteiger partial charge in [0.2, 0.25) is 11.8 Å². The SMILES string of the molecule is CCCNC(=O)C(C)N(Cc1c(Cl)cccc1Cl)C(=O)CN(c1ccccc1OC)S(=O)(=O)c1ccccc1. The summed E-state index contributed by atoms with van der Waals surface area (Å²) in [6.45, 7) is 3.20. The van der Waals surface area contributed by atoms with Crippen molar-refractivity contribution in [2.75, 3.05) is 24.5 Å². The lowest BCUT2D eigenvalue weighted by Crippen LogP contribution is -2.51. The van der Waals surface area contributed by atoms with Crippen LogP contribution in [0.4, 0.5) is 5.69 Å². The monoisotopic (exact) mass is 591 g/mol. The lowest BCUT2D eigenvalue weighted by atomic mass is 10.1. The van der Waals surface area contributed by atoms with Crippen LogP contribution < -0.4 is 14.4 Å². The minimum absolute atomic E-state index is 0.00172. The van der Waals surface area contributed by atoms with E-state index in [1.165, 1.54) is 24.1 Å². The third kappa shape index (κ3) is 7.23. The predicted molar refractivity (Wildman–Crippen MR) is 154 cm³/mol. The highest BCUT2D eigenvalue weighted by molar-refractivity contribution is 7.92. The Morgan fingerprint density at radius 2 is 1.56 bits per heavy atom. The summed E-state index contributed by atoms with van der Waals surface area (Å²) in [5.74, 6) is -0.752. The number of anilines is 1. The van der Waals surface area contributed by atoms with Crippen molar-refractivity contribution in [3.63, 3.8) is 0 Å². The van der Waals surface area contributed by atoms with E-state index in [1.807, 2.05) is 6.92 Å². The van der Waals surface area contributed by atoms with E-state index in [4.69, 9.17) is 27.9 Å².